The SMILES string of the molecule is CCc1ccccc1NC(=S)N[C@@H]1CCSc2ccccc21. The highest BCUT2D eigenvalue weighted by molar-refractivity contribution is 7.99. The van der Waals surface area contributed by atoms with Crippen LogP contribution in [0.5, 0.6) is 0 Å². The lowest BCUT2D eigenvalue weighted by Crippen LogP contribution is -2.34. The highest BCUT2D eigenvalue weighted by Crippen LogP contribution is 2.35. The third-order valence-electron chi connectivity index (χ3n) is 3.91. The fraction of sp³-hybridized carbons (Fsp3) is 0.278. The summed E-state index contributed by atoms with van der Waals surface area (Å²) in [6.07, 6.45) is 2.09. The molecule has 4 heteroatoms. The van der Waals surface area contributed by atoms with Crippen LogP contribution in [0.2, 0.25) is 0 Å². The topological polar surface area (TPSA) is 24.1 Å². The van der Waals surface area contributed by atoms with Gasteiger partial charge in [0.15, 0.2) is 5.11 Å². The fourth-order valence-corrected chi connectivity index (χ4v) is 4.14. The smallest absolute Gasteiger partial charge is 0.171 e. The van der Waals surface area contributed by atoms with Crippen LogP contribution in [-0.4, -0.2) is 10.9 Å². The minimum Gasteiger partial charge on any atom is -0.356 e. The van der Waals surface area contributed by atoms with E-state index in [4.69, 9.17) is 12.2 Å². The normalized spacial score (nSPS) is 16.7. The van der Waals surface area contributed by atoms with Gasteiger partial charge < -0.3 is 10.6 Å². The first kappa shape index (κ1) is 15.4. The number of thiocarbonyl (C=S) groups is 1. The molecule has 0 saturated heterocycles. The van der Waals surface area contributed by atoms with Gasteiger partial charge in [-0.1, -0.05) is 43.3 Å². The Bertz CT molecular complexity index is 670. The average Bonchev–Trinajstić information content (AvgIpc) is 2.55. The molecule has 2 aromatic rings. The summed E-state index contributed by atoms with van der Waals surface area (Å²) < 4.78 is 0. The molecule has 1 aliphatic heterocycles. The summed E-state index contributed by atoms with van der Waals surface area (Å²) in [4.78, 5) is 1.36. The number of nitrogens with one attached hydrogen (secondary N) is 2. The molecule has 2 aromatic carbocycles. The van der Waals surface area contributed by atoms with Crippen molar-refractivity contribution in [3.8, 4) is 0 Å². The van der Waals surface area contributed by atoms with Crippen molar-refractivity contribution in [3.05, 3.63) is 59.7 Å². The number of aryl methyl sites for hydroxylation is 1. The first-order valence-corrected chi connectivity index (χ1v) is 9.04. The molecule has 0 bridgehead atoms. The van der Waals surface area contributed by atoms with Crippen molar-refractivity contribution in [1.29, 1.82) is 0 Å². The number of anilines is 1. The lowest BCUT2D eigenvalue weighted by atomic mass is 10.0. The number of benzene rings is 2. The first-order chi connectivity index (χ1) is 10.8. The van der Waals surface area contributed by atoms with E-state index in [-0.39, 0.29) is 0 Å². The molecule has 2 nitrogen and oxygen atoms in total. The Labute approximate surface area is 141 Å². The largest absolute Gasteiger partial charge is 0.356 e. The lowest BCUT2D eigenvalue weighted by molar-refractivity contribution is 0.614. The summed E-state index contributed by atoms with van der Waals surface area (Å²) in [7, 11) is 0. The van der Waals surface area contributed by atoms with Gasteiger partial charge in [-0.25, -0.2) is 0 Å². The Morgan fingerprint density at radius 2 is 1.95 bits per heavy atom. The van der Waals surface area contributed by atoms with Gasteiger partial charge in [0, 0.05) is 16.3 Å². The van der Waals surface area contributed by atoms with Crippen LogP contribution in [0.15, 0.2) is 53.4 Å². The Kier molecular flexibility index (Phi) is 5.01. The highest BCUT2D eigenvalue weighted by Gasteiger charge is 2.20. The van der Waals surface area contributed by atoms with E-state index in [1.807, 2.05) is 17.8 Å². The van der Waals surface area contributed by atoms with E-state index in [9.17, 15) is 0 Å². The molecule has 0 aromatic heterocycles. The molecule has 114 valence electrons. The fourth-order valence-electron chi connectivity index (χ4n) is 2.76. The molecule has 1 aliphatic rings. The molecule has 22 heavy (non-hydrogen) atoms. The summed E-state index contributed by atoms with van der Waals surface area (Å²) in [5, 5.41) is 7.54. The molecule has 0 radical (unpaired) electrons. The minimum absolute atomic E-state index is 0.297. The molecule has 3 rings (SSSR count). The van der Waals surface area contributed by atoms with Crippen LogP contribution in [-0.2, 0) is 6.42 Å². The second-order valence-corrected chi connectivity index (χ2v) is 6.88. The number of fused-ring (bicyclic) bond motifs is 1. The predicted molar refractivity (Wildman–Crippen MR) is 99.7 cm³/mol. The first-order valence-electron chi connectivity index (χ1n) is 7.65. The summed E-state index contributed by atoms with van der Waals surface area (Å²) in [5.74, 6) is 1.13. The number of para-hydroxylation sites is 1. The second kappa shape index (κ2) is 7.16. The zero-order valence-corrected chi connectivity index (χ0v) is 14.3. The van der Waals surface area contributed by atoms with Crippen LogP contribution in [0.1, 0.15) is 30.5 Å². The van der Waals surface area contributed by atoms with Crippen LogP contribution < -0.4 is 10.6 Å². The van der Waals surface area contributed by atoms with Crippen molar-refractivity contribution in [2.24, 2.45) is 0 Å². The van der Waals surface area contributed by atoms with Gasteiger partial charge in [-0.3, -0.25) is 0 Å². The quantitative estimate of drug-likeness (QED) is 0.792. The van der Waals surface area contributed by atoms with E-state index in [0.29, 0.717) is 11.2 Å². The zero-order chi connectivity index (χ0) is 15.4. The van der Waals surface area contributed by atoms with Gasteiger partial charge in [0.05, 0.1) is 6.04 Å². The van der Waals surface area contributed by atoms with Crippen LogP contribution in [0.4, 0.5) is 5.69 Å². The Morgan fingerprint density at radius 1 is 1.18 bits per heavy atom. The average molecular weight is 329 g/mol. The standard InChI is InChI=1S/C18H20N2S2/c1-2-13-7-3-5-9-15(13)19-18(21)20-16-11-12-22-17-10-6-4-8-14(16)17/h3-10,16H,2,11-12H2,1H3,(H2,19,20,21)/t16-/m1/s1. The van der Waals surface area contributed by atoms with Gasteiger partial charge in [-0.05, 0) is 48.3 Å². The van der Waals surface area contributed by atoms with Crippen molar-refractivity contribution < 1.29 is 0 Å². The molecule has 0 unspecified atom stereocenters. The maximum atomic E-state index is 5.52. The number of rotatable bonds is 3. The summed E-state index contributed by atoms with van der Waals surface area (Å²) >= 11 is 7.45. The van der Waals surface area contributed by atoms with E-state index in [1.165, 1.54) is 16.0 Å². The predicted octanol–water partition coefficient (Wildman–Crippen LogP) is 4.77. The van der Waals surface area contributed by atoms with Gasteiger partial charge in [-0.15, -0.1) is 11.8 Å². The van der Waals surface area contributed by atoms with Crippen molar-refractivity contribution in [3.63, 3.8) is 0 Å². The Balaban J connectivity index is 1.70. The summed E-state index contributed by atoms with van der Waals surface area (Å²) in [6, 6.07) is 17.2. The monoisotopic (exact) mass is 328 g/mol. The number of hydrogen-bond acceptors (Lipinski definition) is 2. The molecular weight excluding hydrogens is 308 g/mol. The molecule has 0 aliphatic carbocycles. The van der Waals surface area contributed by atoms with E-state index >= 15 is 0 Å². The minimum atomic E-state index is 0.297. The van der Waals surface area contributed by atoms with Gasteiger partial charge >= 0.3 is 0 Å². The van der Waals surface area contributed by atoms with E-state index in [2.05, 4.69) is 60.0 Å². The van der Waals surface area contributed by atoms with Gasteiger partial charge in [-0.2, -0.15) is 0 Å². The third-order valence-corrected chi connectivity index (χ3v) is 5.25. The lowest BCUT2D eigenvalue weighted by Gasteiger charge is -2.27. The van der Waals surface area contributed by atoms with E-state index < -0.39 is 0 Å². The molecule has 0 amide bonds. The Hall–Kier alpha value is -1.52. The van der Waals surface area contributed by atoms with Crippen LogP contribution in [0, 0.1) is 0 Å². The van der Waals surface area contributed by atoms with Gasteiger partial charge in [0.1, 0.15) is 0 Å². The van der Waals surface area contributed by atoms with Crippen molar-refractivity contribution in [2.75, 3.05) is 11.1 Å². The third kappa shape index (κ3) is 3.45. The van der Waals surface area contributed by atoms with Gasteiger partial charge in [0.25, 0.3) is 0 Å². The maximum Gasteiger partial charge on any atom is 0.171 e. The molecule has 1 atom stereocenters. The Morgan fingerprint density at radius 3 is 2.82 bits per heavy atom. The molecule has 2 N–H and O–H groups in total. The molecular formula is C18H20N2S2. The zero-order valence-electron chi connectivity index (χ0n) is 12.6. The van der Waals surface area contributed by atoms with Crippen molar-refractivity contribution in [1.82, 2.24) is 5.32 Å². The van der Waals surface area contributed by atoms with Crippen molar-refractivity contribution >= 4 is 34.8 Å². The van der Waals surface area contributed by atoms with E-state index in [0.717, 1.165) is 24.3 Å². The molecule has 0 spiro atoms. The summed E-state index contributed by atoms with van der Waals surface area (Å²) in [6.45, 7) is 2.16. The molecule has 0 fully saturated rings. The molecule has 1 heterocycles. The van der Waals surface area contributed by atoms with Crippen molar-refractivity contribution in [2.45, 2.75) is 30.7 Å². The number of thioether (sulfide) groups is 1. The summed E-state index contributed by atoms with van der Waals surface area (Å²) in [5.41, 5.74) is 3.74. The highest BCUT2D eigenvalue weighted by atomic mass is 32.2. The maximum absolute atomic E-state index is 5.52. The number of hydrogen-bond donors (Lipinski definition) is 2. The molecule has 0 saturated carbocycles. The van der Waals surface area contributed by atoms with Gasteiger partial charge in [0.2, 0.25) is 0 Å². The van der Waals surface area contributed by atoms with Crippen LogP contribution >= 0.6 is 24.0 Å². The second-order valence-electron chi connectivity index (χ2n) is 5.34. The van der Waals surface area contributed by atoms with Crippen LogP contribution in [0.3, 0.4) is 0 Å². The van der Waals surface area contributed by atoms with E-state index in [1.54, 1.807) is 0 Å². The van der Waals surface area contributed by atoms with Crippen LogP contribution in [0.25, 0.3) is 0 Å².